The number of rotatable bonds is 5. The average molecular weight is 306 g/mol. The summed E-state index contributed by atoms with van der Waals surface area (Å²) in [6, 6.07) is 6.21. The van der Waals surface area contributed by atoms with Crippen molar-refractivity contribution in [2.24, 2.45) is 0 Å². The van der Waals surface area contributed by atoms with Gasteiger partial charge in [0, 0.05) is 18.0 Å². The van der Waals surface area contributed by atoms with E-state index >= 15 is 0 Å². The molecule has 0 unspecified atom stereocenters. The van der Waals surface area contributed by atoms with E-state index in [1.807, 2.05) is 18.7 Å². The van der Waals surface area contributed by atoms with Gasteiger partial charge in [-0.1, -0.05) is 17.7 Å². The molecule has 1 aromatic carbocycles. The number of nitrogens with zero attached hydrogens (tertiary/aromatic N) is 1. The summed E-state index contributed by atoms with van der Waals surface area (Å²) in [4.78, 5) is 26.6. The minimum absolute atomic E-state index is 0.0255. The summed E-state index contributed by atoms with van der Waals surface area (Å²) in [5.74, 6) is 0.281. The van der Waals surface area contributed by atoms with Crippen LogP contribution >= 0.6 is 11.8 Å². The monoisotopic (exact) mass is 306 g/mol. The zero-order chi connectivity index (χ0) is 15.2. The number of hydrogen-bond donors (Lipinski definition) is 1. The summed E-state index contributed by atoms with van der Waals surface area (Å²) in [5, 5.41) is 2.71. The molecule has 0 bridgehead atoms. The fourth-order valence-corrected chi connectivity index (χ4v) is 3.26. The normalized spacial score (nSPS) is 14.3. The van der Waals surface area contributed by atoms with Crippen molar-refractivity contribution in [2.45, 2.75) is 31.6 Å². The molecule has 0 spiro atoms. The molecular weight excluding hydrogens is 284 g/mol. The Balaban J connectivity index is 1.74. The van der Waals surface area contributed by atoms with Gasteiger partial charge in [-0.05, 0) is 38.3 Å². The fraction of sp³-hybridized carbons (Fsp3) is 0.500. The Morgan fingerprint density at radius 3 is 2.67 bits per heavy atom. The summed E-state index contributed by atoms with van der Waals surface area (Å²) in [6.45, 7) is 5.85. The van der Waals surface area contributed by atoms with Crippen molar-refractivity contribution in [2.75, 3.05) is 25.4 Å². The number of likely N-dealkylation sites (tertiary alicyclic amines) is 1. The second-order valence-corrected chi connectivity index (χ2v) is 6.44. The van der Waals surface area contributed by atoms with Gasteiger partial charge in [0.15, 0.2) is 0 Å². The smallest absolute Gasteiger partial charge is 0.241 e. The second kappa shape index (κ2) is 7.50. The third kappa shape index (κ3) is 4.77. The van der Waals surface area contributed by atoms with E-state index < -0.39 is 0 Å². The topological polar surface area (TPSA) is 49.4 Å². The van der Waals surface area contributed by atoms with Gasteiger partial charge in [-0.15, -0.1) is 11.8 Å². The van der Waals surface area contributed by atoms with Gasteiger partial charge in [0.1, 0.15) is 0 Å². The van der Waals surface area contributed by atoms with Gasteiger partial charge in [-0.25, -0.2) is 0 Å². The zero-order valence-electron chi connectivity index (χ0n) is 12.6. The van der Waals surface area contributed by atoms with E-state index in [-0.39, 0.29) is 18.4 Å². The van der Waals surface area contributed by atoms with Crippen molar-refractivity contribution in [3.63, 3.8) is 0 Å². The van der Waals surface area contributed by atoms with Crippen LogP contribution in [0.25, 0.3) is 0 Å². The van der Waals surface area contributed by atoms with Gasteiger partial charge in [0.25, 0.3) is 0 Å². The number of aryl methyl sites for hydroxylation is 2. The van der Waals surface area contributed by atoms with Crippen LogP contribution in [0.15, 0.2) is 23.1 Å². The lowest BCUT2D eigenvalue weighted by molar-refractivity contribution is -0.131. The van der Waals surface area contributed by atoms with Crippen LogP contribution in [0.5, 0.6) is 0 Å². The summed E-state index contributed by atoms with van der Waals surface area (Å²) in [5.41, 5.74) is 2.36. The third-order valence-corrected chi connectivity index (χ3v) is 4.76. The number of carbonyl (C=O) groups excluding carboxylic acids is 2. The highest BCUT2D eigenvalue weighted by atomic mass is 32.2. The maximum Gasteiger partial charge on any atom is 0.241 e. The molecule has 1 aliphatic heterocycles. The highest BCUT2D eigenvalue weighted by molar-refractivity contribution is 8.00. The Bertz CT molecular complexity index is 525. The molecule has 114 valence electrons. The van der Waals surface area contributed by atoms with Gasteiger partial charge in [-0.2, -0.15) is 0 Å². The number of carbonyl (C=O) groups is 2. The SMILES string of the molecule is Cc1ccc(C)c(SCC(=O)NCC(=O)N2CCCC2)c1. The Labute approximate surface area is 130 Å². The first-order chi connectivity index (χ1) is 10.1. The van der Waals surface area contributed by atoms with E-state index in [2.05, 4.69) is 23.5 Å². The maximum atomic E-state index is 11.8. The molecule has 5 heteroatoms. The average Bonchev–Trinajstić information content (AvgIpc) is 3.00. The second-order valence-electron chi connectivity index (χ2n) is 5.42. The van der Waals surface area contributed by atoms with Crippen molar-refractivity contribution in [3.05, 3.63) is 29.3 Å². The number of amides is 2. The van der Waals surface area contributed by atoms with Crippen LogP contribution in [-0.4, -0.2) is 42.1 Å². The molecule has 2 amide bonds. The summed E-state index contributed by atoms with van der Waals surface area (Å²) in [7, 11) is 0. The van der Waals surface area contributed by atoms with Gasteiger partial charge in [0.05, 0.1) is 12.3 Å². The Kier molecular flexibility index (Phi) is 5.67. The molecule has 0 aliphatic carbocycles. The molecule has 0 radical (unpaired) electrons. The van der Waals surface area contributed by atoms with E-state index in [0.29, 0.717) is 5.75 Å². The number of thioether (sulfide) groups is 1. The Morgan fingerprint density at radius 1 is 1.24 bits per heavy atom. The number of hydrogen-bond acceptors (Lipinski definition) is 3. The van der Waals surface area contributed by atoms with Crippen molar-refractivity contribution in [1.29, 1.82) is 0 Å². The lowest BCUT2D eigenvalue weighted by Crippen LogP contribution is -2.39. The van der Waals surface area contributed by atoms with Crippen molar-refractivity contribution in [1.82, 2.24) is 10.2 Å². The molecule has 1 saturated heterocycles. The van der Waals surface area contributed by atoms with Crippen LogP contribution in [0.1, 0.15) is 24.0 Å². The Hall–Kier alpha value is -1.49. The van der Waals surface area contributed by atoms with Crippen molar-refractivity contribution < 1.29 is 9.59 Å². The lowest BCUT2D eigenvalue weighted by atomic mass is 10.2. The number of nitrogens with one attached hydrogen (secondary N) is 1. The molecule has 0 aromatic heterocycles. The molecule has 0 saturated carbocycles. The van der Waals surface area contributed by atoms with E-state index in [1.165, 1.54) is 22.9 Å². The predicted molar refractivity (Wildman–Crippen MR) is 85.5 cm³/mol. The molecule has 1 aliphatic rings. The van der Waals surface area contributed by atoms with Crippen molar-refractivity contribution >= 4 is 23.6 Å². The third-order valence-electron chi connectivity index (χ3n) is 3.60. The summed E-state index contributed by atoms with van der Waals surface area (Å²) >= 11 is 1.52. The van der Waals surface area contributed by atoms with Gasteiger partial charge >= 0.3 is 0 Å². The molecule has 2 rings (SSSR count). The van der Waals surface area contributed by atoms with Crippen molar-refractivity contribution in [3.8, 4) is 0 Å². The Morgan fingerprint density at radius 2 is 1.95 bits per heavy atom. The minimum atomic E-state index is -0.0894. The standard InChI is InChI=1S/C16H22N2O2S/c1-12-5-6-13(2)14(9-12)21-11-15(19)17-10-16(20)18-7-3-4-8-18/h5-6,9H,3-4,7-8,10-11H2,1-2H3,(H,17,19). The first-order valence-corrected chi connectivity index (χ1v) is 8.29. The van der Waals surface area contributed by atoms with Crippen LogP contribution in [0, 0.1) is 13.8 Å². The summed E-state index contributed by atoms with van der Waals surface area (Å²) < 4.78 is 0. The molecule has 21 heavy (non-hydrogen) atoms. The van der Waals surface area contributed by atoms with Crippen LogP contribution in [-0.2, 0) is 9.59 Å². The van der Waals surface area contributed by atoms with E-state index in [0.717, 1.165) is 30.8 Å². The highest BCUT2D eigenvalue weighted by Crippen LogP contribution is 2.23. The molecule has 0 atom stereocenters. The fourth-order valence-electron chi connectivity index (χ4n) is 2.31. The van der Waals surface area contributed by atoms with E-state index in [4.69, 9.17) is 0 Å². The summed E-state index contributed by atoms with van der Waals surface area (Å²) in [6.07, 6.45) is 2.14. The van der Waals surface area contributed by atoms with Crippen LogP contribution in [0.4, 0.5) is 0 Å². The molecule has 1 aromatic rings. The molecule has 1 N–H and O–H groups in total. The first-order valence-electron chi connectivity index (χ1n) is 7.31. The molecule has 1 heterocycles. The maximum absolute atomic E-state index is 11.8. The van der Waals surface area contributed by atoms with Gasteiger partial charge < -0.3 is 10.2 Å². The highest BCUT2D eigenvalue weighted by Gasteiger charge is 2.18. The minimum Gasteiger partial charge on any atom is -0.346 e. The molecular formula is C16H22N2O2S. The molecule has 1 fully saturated rings. The molecule has 4 nitrogen and oxygen atoms in total. The lowest BCUT2D eigenvalue weighted by Gasteiger charge is -2.15. The van der Waals surface area contributed by atoms with Gasteiger partial charge in [-0.3, -0.25) is 9.59 Å². The number of benzene rings is 1. The van der Waals surface area contributed by atoms with Crippen LogP contribution < -0.4 is 5.32 Å². The van der Waals surface area contributed by atoms with Gasteiger partial charge in [0.2, 0.25) is 11.8 Å². The first kappa shape index (κ1) is 15.9. The van der Waals surface area contributed by atoms with E-state index in [1.54, 1.807) is 0 Å². The van der Waals surface area contributed by atoms with E-state index in [9.17, 15) is 9.59 Å². The zero-order valence-corrected chi connectivity index (χ0v) is 13.5. The quantitative estimate of drug-likeness (QED) is 0.848. The predicted octanol–water partition coefficient (Wildman–Crippen LogP) is 2.13. The van der Waals surface area contributed by atoms with Crippen LogP contribution in [0.2, 0.25) is 0 Å². The van der Waals surface area contributed by atoms with Crippen LogP contribution in [0.3, 0.4) is 0 Å². The largest absolute Gasteiger partial charge is 0.346 e.